The van der Waals surface area contributed by atoms with Gasteiger partial charge in [-0.2, -0.15) is 0 Å². The van der Waals surface area contributed by atoms with Crippen LogP contribution in [0, 0.1) is 0 Å². The van der Waals surface area contributed by atoms with Crippen LogP contribution in [0.3, 0.4) is 0 Å². The van der Waals surface area contributed by atoms with Gasteiger partial charge in [0, 0.05) is 52.8 Å². The molecule has 11 aromatic rings. The van der Waals surface area contributed by atoms with E-state index in [-0.39, 0.29) is 0 Å². The third-order valence-electron chi connectivity index (χ3n) is 11.2. The summed E-state index contributed by atoms with van der Waals surface area (Å²) in [5, 5.41) is 10.4. The Morgan fingerprint density at radius 3 is 1.89 bits per heavy atom. The predicted molar refractivity (Wildman–Crippen MR) is 237 cm³/mol. The Bertz CT molecular complexity index is 3440. The van der Waals surface area contributed by atoms with Crippen molar-refractivity contribution in [3.05, 3.63) is 193 Å². The maximum Gasteiger partial charge on any atom is 0.160 e. The SMILES string of the molecule is c1ccc(-c2ccc(C3=NC(c4c(-c5cccc6oc7ccccc7c56)ccc5oc6ccccc6c45)=NC(c4ccc5c(c4)sc4ccccc45)N3)cc2)cc1. The van der Waals surface area contributed by atoms with E-state index in [1.807, 2.05) is 47.7 Å². The van der Waals surface area contributed by atoms with Crippen molar-refractivity contribution in [1.29, 1.82) is 0 Å². The lowest BCUT2D eigenvalue weighted by Gasteiger charge is -2.25. The molecule has 0 spiro atoms. The maximum absolute atomic E-state index is 6.54. The van der Waals surface area contributed by atoms with Crippen LogP contribution in [-0.4, -0.2) is 11.7 Å². The molecule has 0 aliphatic carbocycles. The van der Waals surface area contributed by atoms with Crippen LogP contribution in [-0.2, 0) is 0 Å². The van der Waals surface area contributed by atoms with Crippen LogP contribution in [0.5, 0.6) is 0 Å². The highest BCUT2D eigenvalue weighted by Crippen LogP contribution is 2.43. The molecule has 57 heavy (non-hydrogen) atoms. The van der Waals surface area contributed by atoms with Crippen LogP contribution in [0.1, 0.15) is 22.9 Å². The van der Waals surface area contributed by atoms with Crippen LogP contribution < -0.4 is 5.32 Å². The summed E-state index contributed by atoms with van der Waals surface area (Å²) in [5.74, 6) is 1.39. The van der Waals surface area contributed by atoms with E-state index < -0.39 is 6.17 Å². The zero-order valence-electron chi connectivity index (χ0n) is 30.4. The number of nitrogens with zero attached hydrogens (tertiary/aromatic N) is 2. The first-order chi connectivity index (χ1) is 28.2. The summed E-state index contributed by atoms with van der Waals surface area (Å²) in [6.07, 6.45) is -0.414. The Morgan fingerprint density at radius 2 is 1.09 bits per heavy atom. The molecule has 0 radical (unpaired) electrons. The first kappa shape index (κ1) is 32.0. The van der Waals surface area contributed by atoms with Crippen LogP contribution in [0.25, 0.3) is 86.3 Å². The molecule has 1 aliphatic rings. The predicted octanol–water partition coefficient (Wildman–Crippen LogP) is 13.7. The molecule has 1 atom stereocenters. The van der Waals surface area contributed by atoms with Crippen molar-refractivity contribution in [3.63, 3.8) is 0 Å². The lowest BCUT2D eigenvalue weighted by Crippen LogP contribution is -2.33. The Labute approximate surface area is 330 Å². The number of furan rings is 2. The molecule has 6 heteroatoms. The van der Waals surface area contributed by atoms with E-state index >= 15 is 0 Å². The van der Waals surface area contributed by atoms with Gasteiger partial charge in [0.1, 0.15) is 34.3 Å². The monoisotopic (exact) mass is 749 g/mol. The molecule has 3 aromatic heterocycles. The first-order valence-corrected chi connectivity index (χ1v) is 19.9. The summed E-state index contributed by atoms with van der Waals surface area (Å²) in [7, 11) is 0. The fraction of sp³-hybridized carbons (Fsp3) is 0.0196. The van der Waals surface area contributed by atoms with E-state index in [4.69, 9.17) is 18.8 Å². The molecule has 268 valence electrons. The summed E-state index contributed by atoms with van der Waals surface area (Å²) in [4.78, 5) is 11.0. The molecule has 1 N–H and O–H groups in total. The van der Waals surface area contributed by atoms with Crippen LogP contribution >= 0.6 is 11.3 Å². The molecule has 1 unspecified atom stereocenters. The van der Waals surface area contributed by atoms with Crippen molar-refractivity contribution >= 4 is 87.1 Å². The van der Waals surface area contributed by atoms with Gasteiger partial charge in [-0.1, -0.05) is 133 Å². The minimum Gasteiger partial charge on any atom is -0.456 e. The third kappa shape index (κ3) is 5.15. The highest BCUT2D eigenvalue weighted by Gasteiger charge is 2.28. The second-order valence-electron chi connectivity index (χ2n) is 14.5. The van der Waals surface area contributed by atoms with E-state index in [1.54, 1.807) is 0 Å². The molecule has 1 aliphatic heterocycles. The molecule has 0 bridgehead atoms. The van der Waals surface area contributed by atoms with Crippen molar-refractivity contribution in [2.24, 2.45) is 9.98 Å². The van der Waals surface area contributed by atoms with Crippen molar-refractivity contribution in [2.75, 3.05) is 0 Å². The second-order valence-corrected chi connectivity index (χ2v) is 15.6. The number of benzene rings is 8. The molecule has 12 rings (SSSR count). The van der Waals surface area contributed by atoms with Gasteiger partial charge in [0.05, 0.1) is 0 Å². The van der Waals surface area contributed by atoms with Gasteiger partial charge < -0.3 is 14.2 Å². The quantitative estimate of drug-likeness (QED) is 0.191. The van der Waals surface area contributed by atoms with Gasteiger partial charge >= 0.3 is 0 Å². The van der Waals surface area contributed by atoms with E-state index in [2.05, 4.69) is 145 Å². The summed E-state index contributed by atoms with van der Waals surface area (Å²) in [6, 6.07) is 61.4. The van der Waals surface area contributed by atoms with Gasteiger partial charge in [-0.05, 0) is 70.3 Å². The van der Waals surface area contributed by atoms with Crippen LogP contribution in [0.4, 0.5) is 0 Å². The van der Waals surface area contributed by atoms with Crippen molar-refractivity contribution in [1.82, 2.24) is 5.32 Å². The normalized spacial score (nSPS) is 14.5. The van der Waals surface area contributed by atoms with Crippen molar-refractivity contribution < 1.29 is 8.83 Å². The van der Waals surface area contributed by atoms with Gasteiger partial charge in [-0.15, -0.1) is 11.3 Å². The summed E-state index contributed by atoms with van der Waals surface area (Å²) in [6.45, 7) is 0. The zero-order chi connectivity index (χ0) is 37.5. The average Bonchev–Trinajstić information content (AvgIpc) is 3.97. The van der Waals surface area contributed by atoms with Gasteiger partial charge in [0.2, 0.25) is 0 Å². The number of hydrogen-bond donors (Lipinski definition) is 1. The molecule has 0 saturated carbocycles. The first-order valence-electron chi connectivity index (χ1n) is 19.1. The average molecular weight is 750 g/mol. The third-order valence-corrected chi connectivity index (χ3v) is 12.3. The lowest BCUT2D eigenvalue weighted by atomic mass is 9.91. The van der Waals surface area contributed by atoms with E-state index in [9.17, 15) is 0 Å². The standard InChI is InChI=1S/C51H31N3O2S/c1-2-11-30(12-3-1)31-21-23-32(24-22-31)49-52-50(33-25-26-35-34-13-6-9-20-44(34)57-45(35)29-33)54-51(53-49)48-37(27-28-43-47(48)39-15-5-8-18-41(39)56-43)36-16-10-19-42-46(36)38-14-4-7-17-40(38)55-42/h1-29,50H,(H,52,53,54). The fourth-order valence-electron chi connectivity index (χ4n) is 8.51. The van der Waals surface area contributed by atoms with E-state index in [0.29, 0.717) is 5.84 Å². The number of nitrogens with one attached hydrogen (secondary N) is 1. The molecular weight excluding hydrogens is 719 g/mol. The smallest absolute Gasteiger partial charge is 0.160 e. The van der Waals surface area contributed by atoms with Gasteiger partial charge in [-0.3, -0.25) is 0 Å². The zero-order valence-corrected chi connectivity index (χ0v) is 31.3. The largest absolute Gasteiger partial charge is 0.456 e. The van der Waals surface area contributed by atoms with Crippen LogP contribution in [0.2, 0.25) is 0 Å². The number of hydrogen-bond acceptors (Lipinski definition) is 6. The summed E-state index contributed by atoms with van der Waals surface area (Å²) >= 11 is 1.81. The minimum absolute atomic E-state index is 0.414. The Morgan fingerprint density at radius 1 is 0.456 bits per heavy atom. The number of rotatable bonds is 5. The van der Waals surface area contributed by atoms with Gasteiger partial charge in [-0.25, -0.2) is 9.98 Å². The number of amidine groups is 2. The molecule has 0 amide bonds. The summed E-state index contributed by atoms with van der Waals surface area (Å²) < 4.78 is 15.4. The number of thiophene rings is 1. The lowest BCUT2D eigenvalue weighted by molar-refractivity contribution is 0.668. The van der Waals surface area contributed by atoms with Crippen molar-refractivity contribution in [3.8, 4) is 22.3 Å². The Hall–Kier alpha value is -7.28. The highest BCUT2D eigenvalue weighted by atomic mass is 32.1. The Balaban J connectivity index is 1.12. The molecule has 0 saturated heterocycles. The highest BCUT2D eigenvalue weighted by molar-refractivity contribution is 7.25. The number of para-hydroxylation sites is 2. The second kappa shape index (κ2) is 12.6. The van der Waals surface area contributed by atoms with E-state index in [1.165, 1.54) is 25.7 Å². The molecule has 4 heterocycles. The molecular formula is C51H31N3O2S. The molecule has 5 nitrogen and oxygen atoms in total. The maximum atomic E-state index is 6.54. The number of aliphatic imine (C=N–C) groups is 2. The summed E-state index contributed by atoms with van der Waals surface area (Å²) in [5.41, 5.74) is 10.6. The fourth-order valence-corrected chi connectivity index (χ4v) is 9.67. The van der Waals surface area contributed by atoms with Crippen LogP contribution in [0.15, 0.2) is 195 Å². The van der Waals surface area contributed by atoms with Gasteiger partial charge in [0.25, 0.3) is 0 Å². The number of fused-ring (bicyclic) bond motifs is 9. The molecule has 8 aromatic carbocycles. The van der Waals surface area contributed by atoms with Gasteiger partial charge in [0.15, 0.2) is 5.84 Å². The van der Waals surface area contributed by atoms with Crippen molar-refractivity contribution in [2.45, 2.75) is 6.17 Å². The Kier molecular flexibility index (Phi) is 7.09. The topological polar surface area (TPSA) is 63.0 Å². The minimum atomic E-state index is -0.414. The van der Waals surface area contributed by atoms with E-state index in [0.717, 1.165) is 83.1 Å². The molecule has 0 fully saturated rings.